The molecule has 4 aliphatic rings. The van der Waals surface area contributed by atoms with Crippen molar-refractivity contribution in [2.24, 2.45) is 29.1 Å². The zero-order chi connectivity index (χ0) is 16.6. The molecule has 4 atom stereocenters. The minimum Gasteiger partial charge on any atom is -0.272 e. The van der Waals surface area contributed by atoms with Crippen molar-refractivity contribution < 1.29 is 14.4 Å². The first-order chi connectivity index (χ1) is 11.5. The molecule has 0 aromatic heterocycles. The summed E-state index contributed by atoms with van der Waals surface area (Å²) in [6.07, 6.45) is 6.44. The predicted molar refractivity (Wildman–Crippen MR) is 88.2 cm³/mol. The molecule has 3 amide bonds. The highest BCUT2D eigenvalue weighted by Gasteiger charge is 2.73. The molecule has 122 valence electrons. The Morgan fingerprint density at radius 3 is 2.29 bits per heavy atom. The van der Waals surface area contributed by atoms with E-state index in [0.29, 0.717) is 5.56 Å². The average molecular weight is 387 g/mol. The van der Waals surface area contributed by atoms with Gasteiger partial charge in [-0.15, -0.1) is 0 Å². The maximum absolute atomic E-state index is 12.8. The van der Waals surface area contributed by atoms with E-state index in [1.54, 1.807) is 18.2 Å². The fraction of sp³-hybridized carbons (Fsp3) is 0.389. The molecule has 0 unspecified atom stereocenters. The topological polar surface area (TPSA) is 66.5 Å². The first kappa shape index (κ1) is 14.4. The molecular formula is C18H15BrN2O3. The second-order valence-electron chi connectivity index (χ2n) is 7.18. The summed E-state index contributed by atoms with van der Waals surface area (Å²) in [6.45, 7) is 0. The molecule has 2 bridgehead atoms. The van der Waals surface area contributed by atoms with E-state index in [1.807, 2.05) is 6.07 Å². The van der Waals surface area contributed by atoms with Crippen molar-refractivity contribution in [2.45, 2.75) is 12.8 Å². The zero-order valence-corrected chi connectivity index (χ0v) is 14.3. The van der Waals surface area contributed by atoms with Gasteiger partial charge in [-0.1, -0.05) is 34.1 Å². The predicted octanol–water partition coefficient (Wildman–Crippen LogP) is 2.29. The molecular weight excluding hydrogens is 372 g/mol. The lowest BCUT2D eigenvalue weighted by atomic mass is 9.85. The summed E-state index contributed by atoms with van der Waals surface area (Å²) >= 11 is 3.31. The fourth-order valence-electron chi connectivity index (χ4n) is 4.98. The number of nitrogens with zero attached hydrogens (tertiary/aromatic N) is 1. The summed E-state index contributed by atoms with van der Waals surface area (Å²) < 4.78 is 0.768. The Morgan fingerprint density at radius 1 is 1.12 bits per heavy atom. The van der Waals surface area contributed by atoms with Gasteiger partial charge in [0.15, 0.2) is 0 Å². The molecule has 1 heterocycles. The molecule has 3 fully saturated rings. The van der Waals surface area contributed by atoms with E-state index in [1.165, 1.54) is 0 Å². The number of benzene rings is 1. The molecule has 0 radical (unpaired) electrons. The Bertz CT molecular complexity index is 795. The van der Waals surface area contributed by atoms with Gasteiger partial charge in [0, 0.05) is 10.0 Å². The molecule has 1 saturated heterocycles. The van der Waals surface area contributed by atoms with Gasteiger partial charge in [-0.05, 0) is 48.3 Å². The van der Waals surface area contributed by atoms with Crippen molar-refractivity contribution in [1.29, 1.82) is 0 Å². The van der Waals surface area contributed by atoms with Crippen molar-refractivity contribution in [3.05, 3.63) is 46.5 Å². The summed E-state index contributed by atoms with van der Waals surface area (Å²) in [6, 6.07) is 6.86. The number of amides is 3. The molecule has 1 aromatic rings. The largest absolute Gasteiger partial charge is 0.272 e. The van der Waals surface area contributed by atoms with Gasteiger partial charge in [0.05, 0.1) is 11.8 Å². The summed E-state index contributed by atoms with van der Waals surface area (Å²) in [4.78, 5) is 38.0. The number of hydrogen-bond acceptors (Lipinski definition) is 3. The Balaban J connectivity index is 1.41. The van der Waals surface area contributed by atoms with Crippen LogP contribution < -0.4 is 5.43 Å². The van der Waals surface area contributed by atoms with Crippen molar-refractivity contribution in [2.75, 3.05) is 0 Å². The third-order valence-electron chi connectivity index (χ3n) is 6.15. The summed E-state index contributed by atoms with van der Waals surface area (Å²) in [5, 5.41) is 0.959. The van der Waals surface area contributed by atoms with Crippen LogP contribution in [0.25, 0.3) is 0 Å². The molecule has 1 N–H and O–H groups in total. The van der Waals surface area contributed by atoms with Crippen molar-refractivity contribution in [3.63, 3.8) is 0 Å². The van der Waals surface area contributed by atoms with Crippen LogP contribution in [0.3, 0.4) is 0 Å². The van der Waals surface area contributed by atoms with E-state index in [4.69, 9.17) is 0 Å². The van der Waals surface area contributed by atoms with Crippen LogP contribution in [0.4, 0.5) is 0 Å². The highest BCUT2D eigenvalue weighted by Crippen LogP contribution is 2.73. The SMILES string of the molecule is O=C(NN1C(=O)[C@@H]2[C@H](C1=O)[C@@H]1C=C[C@H]2C12CC2)c1cccc(Br)c1. The van der Waals surface area contributed by atoms with Crippen LogP contribution >= 0.6 is 15.9 Å². The van der Waals surface area contributed by atoms with Gasteiger partial charge >= 0.3 is 0 Å². The summed E-state index contributed by atoms with van der Waals surface area (Å²) in [7, 11) is 0. The Labute approximate surface area is 147 Å². The zero-order valence-electron chi connectivity index (χ0n) is 12.7. The van der Waals surface area contributed by atoms with Crippen molar-refractivity contribution in [1.82, 2.24) is 10.4 Å². The summed E-state index contributed by atoms with van der Waals surface area (Å²) in [5.41, 5.74) is 3.09. The molecule has 5 rings (SSSR count). The Hall–Kier alpha value is -1.95. The van der Waals surface area contributed by atoms with Crippen molar-refractivity contribution in [3.8, 4) is 0 Å². The number of rotatable bonds is 2. The van der Waals surface area contributed by atoms with Crippen LogP contribution in [0, 0.1) is 29.1 Å². The third kappa shape index (κ3) is 1.67. The number of imide groups is 1. The average Bonchev–Trinajstić information content (AvgIpc) is 3.17. The van der Waals surface area contributed by atoms with Crippen LogP contribution in [0.1, 0.15) is 23.2 Å². The molecule has 24 heavy (non-hydrogen) atoms. The van der Waals surface area contributed by atoms with E-state index in [0.717, 1.165) is 22.3 Å². The first-order valence-corrected chi connectivity index (χ1v) is 8.95. The lowest BCUT2D eigenvalue weighted by Crippen LogP contribution is -2.47. The third-order valence-corrected chi connectivity index (χ3v) is 6.65. The molecule has 2 saturated carbocycles. The van der Waals surface area contributed by atoms with Gasteiger partial charge in [0.25, 0.3) is 17.7 Å². The number of hydrogen-bond donors (Lipinski definition) is 1. The minimum absolute atomic E-state index is 0.164. The van der Waals surface area contributed by atoms with E-state index in [-0.39, 0.29) is 40.9 Å². The number of fused-ring (bicyclic) bond motifs is 3. The standard InChI is InChI=1S/C18H15BrN2O3/c19-10-3-1-2-9(8-10)15(22)20-21-16(23)13-11-4-5-12(14(13)17(21)24)18(11)6-7-18/h1-5,8,11-14H,6-7H2,(H,20,22)/t11-,12+,13+,14-. The van der Waals surface area contributed by atoms with Gasteiger partial charge < -0.3 is 0 Å². The van der Waals surface area contributed by atoms with Crippen molar-refractivity contribution >= 4 is 33.7 Å². The van der Waals surface area contributed by atoms with Gasteiger partial charge in [-0.25, -0.2) is 0 Å². The number of nitrogens with one attached hydrogen (secondary N) is 1. The van der Waals surface area contributed by atoms with E-state index in [2.05, 4.69) is 33.5 Å². The van der Waals surface area contributed by atoms with Crippen LogP contribution in [0.15, 0.2) is 40.9 Å². The maximum Gasteiger partial charge on any atom is 0.270 e. The number of halogens is 1. The first-order valence-electron chi connectivity index (χ1n) is 8.16. The van der Waals surface area contributed by atoms with E-state index < -0.39 is 5.91 Å². The van der Waals surface area contributed by atoms with Gasteiger partial charge in [0.2, 0.25) is 0 Å². The Kier molecular flexibility index (Phi) is 2.74. The fourth-order valence-corrected chi connectivity index (χ4v) is 5.38. The number of hydrazine groups is 1. The van der Waals surface area contributed by atoms with Gasteiger partial charge in [-0.2, -0.15) is 5.01 Å². The highest BCUT2D eigenvalue weighted by molar-refractivity contribution is 9.10. The molecule has 1 aromatic carbocycles. The normalized spacial score (nSPS) is 34.1. The maximum atomic E-state index is 12.8. The van der Waals surface area contributed by atoms with Gasteiger partial charge in [0.1, 0.15) is 0 Å². The van der Waals surface area contributed by atoms with Crippen LogP contribution in [0.5, 0.6) is 0 Å². The quantitative estimate of drug-likeness (QED) is 0.626. The van der Waals surface area contributed by atoms with Crippen LogP contribution in [-0.4, -0.2) is 22.7 Å². The monoisotopic (exact) mass is 386 g/mol. The molecule has 1 spiro atoms. The smallest absolute Gasteiger partial charge is 0.270 e. The van der Waals surface area contributed by atoms with E-state index >= 15 is 0 Å². The summed E-state index contributed by atoms with van der Waals surface area (Å²) in [5.74, 6) is -1.21. The highest BCUT2D eigenvalue weighted by atomic mass is 79.9. The molecule has 6 heteroatoms. The Morgan fingerprint density at radius 2 is 1.75 bits per heavy atom. The molecule has 3 aliphatic carbocycles. The number of carbonyl (C=O) groups is 3. The molecule has 1 aliphatic heterocycles. The van der Waals surface area contributed by atoms with E-state index in [9.17, 15) is 14.4 Å². The number of allylic oxidation sites excluding steroid dienone is 2. The lowest BCUT2D eigenvalue weighted by Gasteiger charge is -2.22. The van der Waals surface area contributed by atoms with Gasteiger partial charge in [-0.3, -0.25) is 19.8 Å². The van der Waals surface area contributed by atoms with Crippen LogP contribution in [-0.2, 0) is 9.59 Å². The second kappa shape index (κ2) is 4.57. The number of carbonyl (C=O) groups excluding carboxylic acids is 3. The minimum atomic E-state index is -0.445. The lowest BCUT2D eigenvalue weighted by molar-refractivity contribution is -0.144. The van der Waals surface area contributed by atoms with Crippen LogP contribution in [0.2, 0.25) is 0 Å². The molecule has 5 nitrogen and oxygen atoms in total. The second-order valence-corrected chi connectivity index (χ2v) is 8.10.